The number of rotatable bonds is 3. The standard InChI is InChI=1S/C13H24N2O2/c1-9(10-5-3-2-4-6-10)15-13(16)11-7-17-8-12(11)14/h9-12H,2-8,14H2,1H3,(H,15,16)/t9-,11?,12?/m1/s1. The fourth-order valence-corrected chi connectivity index (χ4v) is 2.92. The van der Waals surface area contributed by atoms with Gasteiger partial charge in [-0.05, 0) is 25.7 Å². The van der Waals surface area contributed by atoms with Gasteiger partial charge in [-0.1, -0.05) is 19.3 Å². The molecule has 1 aliphatic carbocycles. The summed E-state index contributed by atoms with van der Waals surface area (Å²) in [5.41, 5.74) is 5.85. The quantitative estimate of drug-likeness (QED) is 0.775. The van der Waals surface area contributed by atoms with Crippen molar-refractivity contribution in [3.8, 4) is 0 Å². The smallest absolute Gasteiger partial charge is 0.227 e. The van der Waals surface area contributed by atoms with Gasteiger partial charge in [0.25, 0.3) is 0 Å². The van der Waals surface area contributed by atoms with E-state index in [0.29, 0.717) is 19.1 Å². The summed E-state index contributed by atoms with van der Waals surface area (Å²) in [6.07, 6.45) is 6.44. The van der Waals surface area contributed by atoms with Crippen molar-refractivity contribution >= 4 is 5.91 Å². The number of carbonyl (C=O) groups excluding carboxylic acids is 1. The minimum absolute atomic E-state index is 0.0769. The molecule has 3 N–H and O–H groups in total. The molecule has 1 saturated heterocycles. The van der Waals surface area contributed by atoms with Crippen molar-refractivity contribution in [2.45, 2.75) is 51.1 Å². The molecule has 3 atom stereocenters. The molecule has 1 saturated carbocycles. The van der Waals surface area contributed by atoms with Gasteiger partial charge in [0.2, 0.25) is 5.91 Å². The fraction of sp³-hybridized carbons (Fsp3) is 0.923. The average molecular weight is 240 g/mol. The lowest BCUT2D eigenvalue weighted by Crippen LogP contribution is -2.46. The number of hydrogen-bond donors (Lipinski definition) is 2. The van der Waals surface area contributed by atoms with Gasteiger partial charge < -0.3 is 15.8 Å². The van der Waals surface area contributed by atoms with E-state index in [4.69, 9.17) is 10.5 Å². The number of ether oxygens (including phenoxy) is 1. The highest BCUT2D eigenvalue weighted by atomic mass is 16.5. The number of carbonyl (C=O) groups is 1. The predicted octanol–water partition coefficient (Wildman–Crippen LogP) is 1.05. The molecule has 2 rings (SSSR count). The van der Waals surface area contributed by atoms with Crippen LogP contribution in [0, 0.1) is 11.8 Å². The Morgan fingerprint density at radius 3 is 2.59 bits per heavy atom. The minimum Gasteiger partial charge on any atom is -0.379 e. The van der Waals surface area contributed by atoms with E-state index in [-0.39, 0.29) is 23.9 Å². The molecule has 4 nitrogen and oxygen atoms in total. The first-order valence-electron chi connectivity index (χ1n) is 6.82. The van der Waals surface area contributed by atoms with Gasteiger partial charge in [0.15, 0.2) is 0 Å². The third-order valence-corrected chi connectivity index (χ3v) is 4.19. The van der Waals surface area contributed by atoms with Crippen LogP contribution in [0.2, 0.25) is 0 Å². The lowest BCUT2D eigenvalue weighted by molar-refractivity contribution is -0.126. The Balaban J connectivity index is 1.80. The summed E-state index contributed by atoms with van der Waals surface area (Å²) in [6.45, 7) is 3.11. The van der Waals surface area contributed by atoms with Gasteiger partial charge in [-0.2, -0.15) is 0 Å². The molecule has 98 valence electrons. The monoisotopic (exact) mass is 240 g/mol. The molecule has 2 unspecified atom stereocenters. The largest absolute Gasteiger partial charge is 0.379 e. The normalized spacial score (nSPS) is 32.4. The van der Waals surface area contributed by atoms with Crippen molar-refractivity contribution < 1.29 is 9.53 Å². The molecule has 0 bridgehead atoms. The first-order chi connectivity index (χ1) is 8.18. The van der Waals surface area contributed by atoms with E-state index in [0.717, 1.165) is 0 Å². The van der Waals surface area contributed by atoms with Crippen LogP contribution in [-0.2, 0) is 9.53 Å². The van der Waals surface area contributed by atoms with E-state index in [1.807, 2.05) is 0 Å². The number of nitrogens with one attached hydrogen (secondary N) is 1. The van der Waals surface area contributed by atoms with Crippen molar-refractivity contribution in [3.63, 3.8) is 0 Å². The maximum atomic E-state index is 12.0. The van der Waals surface area contributed by atoms with Gasteiger partial charge in [0.05, 0.1) is 19.1 Å². The zero-order valence-corrected chi connectivity index (χ0v) is 10.7. The minimum atomic E-state index is -0.152. The van der Waals surface area contributed by atoms with Gasteiger partial charge in [0, 0.05) is 12.1 Å². The van der Waals surface area contributed by atoms with Crippen LogP contribution < -0.4 is 11.1 Å². The highest BCUT2D eigenvalue weighted by Gasteiger charge is 2.33. The van der Waals surface area contributed by atoms with Gasteiger partial charge >= 0.3 is 0 Å². The van der Waals surface area contributed by atoms with E-state index in [1.165, 1.54) is 32.1 Å². The number of amides is 1. The maximum Gasteiger partial charge on any atom is 0.227 e. The first-order valence-corrected chi connectivity index (χ1v) is 6.82. The van der Waals surface area contributed by atoms with Crippen LogP contribution in [0.25, 0.3) is 0 Å². The molecule has 0 aromatic rings. The van der Waals surface area contributed by atoms with E-state index < -0.39 is 0 Å². The summed E-state index contributed by atoms with van der Waals surface area (Å²) in [6, 6.07) is 0.143. The van der Waals surface area contributed by atoms with Crippen molar-refractivity contribution in [2.24, 2.45) is 17.6 Å². The SMILES string of the molecule is C[C@@H](NC(=O)C1COCC1N)C1CCCCC1. The van der Waals surface area contributed by atoms with Gasteiger partial charge in [-0.3, -0.25) is 4.79 Å². The number of hydrogen-bond acceptors (Lipinski definition) is 3. The van der Waals surface area contributed by atoms with Crippen LogP contribution in [0.15, 0.2) is 0 Å². The van der Waals surface area contributed by atoms with Gasteiger partial charge in [-0.15, -0.1) is 0 Å². The lowest BCUT2D eigenvalue weighted by atomic mass is 9.84. The molecule has 0 radical (unpaired) electrons. The molecule has 1 aliphatic heterocycles. The summed E-state index contributed by atoms with van der Waals surface area (Å²) in [5, 5.41) is 3.12. The Hall–Kier alpha value is -0.610. The van der Waals surface area contributed by atoms with E-state index in [9.17, 15) is 4.79 Å². The van der Waals surface area contributed by atoms with Crippen molar-refractivity contribution in [3.05, 3.63) is 0 Å². The highest BCUT2D eigenvalue weighted by Crippen LogP contribution is 2.26. The molecule has 1 heterocycles. The molecule has 0 spiro atoms. The molecule has 4 heteroatoms. The fourth-order valence-electron chi connectivity index (χ4n) is 2.92. The predicted molar refractivity (Wildman–Crippen MR) is 66.5 cm³/mol. The first kappa shape index (κ1) is 12.8. The van der Waals surface area contributed by atoms with E-state index >= 15 is 0 Å². The molecule has 2 aliphatic rings. The van der Waals surface area contributed by atoms with Crippen LogP contribution in [0.1, 0.15) is 39.0 Å². The molecular formula is C13H24N2O2. The number of nitrogens with two attached hydrogens (primary N) is 1. The Morgan fingerprint density at radius 2 is 2.00 bits per heavy atom. The summed E-state index contributed by atoms with van der Waals surface area (Å²) in [5.74, 6) is 0.570. The third kappa shape index (κ3) is 3.19. The molecule has 0 aromatic heterocycles. The van der Waals surface area contributed by atoms with E-state index in [2.05, 4.69) is 12.2 Å². The Kier molecular flexibility index (Phi) is 4.40. The van der Waals surface area contributed by atoms with Crippen LogP contribution >= 0.6 is 0 Å². The topological polar surface area (TPSA) is 64.3 Å². The Morgan fingerprint density at radius 1 is 1.29 bits per heavy atom. The van der Waals surface area contributed by atoms with Crippen LogP contribution in [0.4, 0.5) is 0 Å². The Bertz CT molecular complexity index is 264. The maximum absolute atomic E-state index is 12.0. The van der Waals surface area contributed by atoms with Crippen LogP contribution in [0.5, 0.6) is 0 Å². The van der Waals surface area contributed by atoms with Crippen LogP contribution in [0.3, 0.4) is 0 Å². The zero-order chi connectivity index (χ0) is 12.3. The second kappa shape index (κ2) is 5.83. The lowest BCUT2D eigenvalue weighted by Gasteiger charge is -2.29. The summed E-state index contributed by atoms with van der Waals surface area (Å²) in [7, 11) is 0. The molecule has 17 heavy (non-hydrogen) atoms. The summed E-state index contributed by atoms with van der Waals surface area (Å²) in [4.78, 5) is 12.0. The molecule has 2 fully saturated rings. The Labute approximate surface area is 103 Å². The summed E-state index contributed by atoms with van der Waals surface area (Å²) >= 11 is 0. The third-order valence-electron chi connectivity index (χ3n) is 4.19. The van der Waals surface area contributed by atoms with Crippen molar-refractivity contribution in [1.29, 1.82) is 0 Å². The van der Waals surface area contributed by atoms with Gasteiger partial charge in [-0.25, -0.2) is 0 Å². The molecular weight excluding hydrogens is 216 g/mol. The zero-order valence-electron chi connectivity index (χ0n) is 10.7. The molecule has 0 aromatic carbocycles. The van der Waals surface area contributed by atoms with Crippen LogP contribution in [-0.4, -0.2) is 31.2 Å². The van der Waals surface area contributed by atoms with Crippen molar-refractivity contribution in [1.82, 2.24) is 5.32 Å². The molecule has 1 amide bonds. The second-order valence-corrected chi connectivity index (χ2v) is 5.50. The highest BCUT2D eigenvalue weighted by molar-refractivity contribution is 5.80. The summed E-state index contributed by atoms with van der Waals surface area (Å²) < 4.78 is 5.23. The van der Waals surface area contributed by atoms with Crippen molar-refractivity contribution in [2.75, 3.05) is 13.2 Å². The van der Waals surface area contributed by atoms with Gasteiger partial charge in [0.1, 0.15) is 0 Å². The second-order valence-electron chi connectivity index (χ2n) is 5.50. The van der Waals surface area contributed by atoms with E-state index in [1.54, 1.807) is 0 Å². The average Bonchev–Trinajstić information content (AvgIpc) is 2.76.